The first-order chi connectivity index (χ1) is 20.9. The summed E-state index contributed by atoms with van der Waals surface area (Å²) in [6, 6.07) is 9.54. The number of nitrogens with one attached hydrogen (secondary N) is 1. The van der Waals surface area contributed by atoms with Crippen LogP contribution in [0, 0.1) is 0 Å². The number of piperidine rings is 2. The minimum Gasteiger partial charge on any atom is -0.405 e. The Hall–Kier alpha value is -2.66. The average molecular weight is 617 g/mol. The molecule has 10 heteroatoms. The van der Waals surface area contributed by atoms with Crippen molar-refractivity contribution < 1.29 is 14.1 Å². The van der Waals surface area contributed by atoms with E-state index in [1.165, 1.54) is 69.7 Å². The molecule has 0 atom stereocenters. The van der Waals surface area contributed by atoms with Crippen LogP contribution in [0.5, 0.6) is 0 Å². The van der Waals surface area contributed by atoms with Crippen LogP contribution in [0.25, 0.3) is 0 Å². The van der Waals surface area contributed by atoms with Gasteiger partial charge >= 0.3 is 0 Å². The van der Waals surface area contributed by atoms with E-state index in [2.05, 4.69) is 62.3 Å². The number of carbonyl (C=O) groups is 1. The SMILES string of the molecule is C=CC=O.CC.CN=S1(=O)CCN(C(/C=C\N)=C(\CO)CNc2cccc(C3CCN(C4CCN(C)CC4)CC3)c2)CC1. The highest BCUT2D eigenvalue weighted by atomic mass is 32.2. The van der Waals surface area contributed by atoms with Crippen LogP contribution in [0.3, 0.4) is 0 Å². The van der Waals surface area contributed by atoms with Crippen LogP contribution in [0.4, 0.5) is 5.69 Å². The molecule has 3 aliphatic rings. The van der Waals surface area contributed by atoms with Gasteiger partial charge in [0.25, 0.3) is 0 Å². The maximum Gasteiger partial charge on any atom is 0.142 e. The molecule has 0 amide bonds. The molecule has 0 aliphatic carbocycles. The number of nitrogens with zero attached hydrogens (tertiary/aromatic N) is 4. The summed E-state index contributed by atoms with van der Waals surface area (Å²) in [6.07, 6.45) is 10.2. The normalized spacial score (nSPS) is 20.6. The van der Waals surface area contributed by atoms with Crippen LogP contribution in [0.15, 0.2) is 64.8 Å². The van der Waals surface area contributed by atoms with Crippen molar-refractivity contribution in [2.45, 2.75) is 51.5 Å². The zero-order valence-electron chi connectivity index (χ0n) is 26.9. The highest BCUT2D eigenvalue weighted by molar-refractivity contribution is 7.93. The van der Waals surface area contributed by atoms with Crippen molar-refractivity contribution in [1.82, 2.24) is 14.7 Å². The molecule has 0 aromatic heterocycles. The third-order valence-corrected chi connectivity index (χ3v) is 10.8. The van der Waals surface area contributed by atoms with Crippen molar-refractivity contribution in [1.29, 1.82) is 0 Å². The van der Waals surface area contributed by atoms with Crippen LogP contribution in [0.2, 0.25) is 0 Å². The molecule has 9 nitrogen and oxygen atoms in total. The predicted molar refractivity (Wildman–Crippen MR) is 182 cm³/mol. The van der Waals surface area contributed by atoms with Gasteiger partial charge in [-0.05, 0) is 106 Å². The number of aliphatic hydroxyl groups is 1. The van der Waals surface area contributed by atoms with E-state index in [1.54, 1.807) is 7.05 Å². The van der Waals surface area contributed by atoms with Gasteiger partial charge in [-0.2, -0.15) is 0 Å². The number of likely N-dealkylation sites (tertiary alicyclic amines) is 2. The van der Waals surface area contributed by atoms with Crippen LogP contribution in [-0.4, -0.2) is 114 Å². The molecule has 0 spiro atoms. The fourth-order valence-electron chi connectivity index (χ4n) is 5.98. The molecule has 3 aliphatic heterocycles. The largest absolute Gasteiger partial charge is 0.405 e. The van der Waals surface area contributed by atoms with E-state index in [-0.39, 0.29) is 6.61 Å². The van der Waals surface area contributed by atoms with Gasteiger partial charge in [0, 0.05) is 65.3 Å². The maximum absolute atomic E-state index is 12.6. The highest BCUT2D eigenvalue weighted by Crippen LogP contribution is 2.32. The molecule has 0 radical (unpaired) electrons. The van der Waals surface area contributed by atoms with Gasteiger partial charge in [0.1, 0.15) is 6.29 Å². The van der Waals surface area contributed by atoms with Crippen LogP contribution in [-0.2, 0) is 14.5 Å². The molecule has 3 saturated heterocycles. The van der Waals surface area contributed by atoms with Gasteiger partial charge in [0.05, 0.1) is 6.61 Å². The predicted octanol–water partition coefficient (Wildman–Crippen LogP) is 3.90. The molecule has 3 fully saturated rings. The minimum absolute atomic E-state index is 0.0637. The van der Waals surface area contributed by atoms with Crippen LogP contribution >= 0.6 is 0 Å². The number of hydrogen-bond donors (Lipinski definition) is 3. The smallest absolute Gasteiger partial charge is 0.142 e. The highest BCUT2D eigenvalue weighted by Gasteiger charge is 2.28. The summed E-state index contributed by atoms with van der Waals surface area (Å²) in [6.45, 7) is 13.7. The molecule has 1 aromatic rings. The Morgan fingerprint density at radius 2 is 1.74 bits per heavy atom. The van der Waals surface area contributed by atoms with E-state index < -0.39 is 9.73 Å². The van der Waals surface area contributed by atoms with Gasteiger partial charge < -0.3 is 30.9 Å². The van der Waals surface area contributed by atoms with E-state index in [1.807, 2.05) is 19.9 Å². The fourth-order valence-corrected chi connectivity index (χ4v) is 7.56. The van der Waals surface area contributed by atoms with Gasteiger partial charge in [-0.15, -0.1) is 0 Å². The first kappa shape index (κ1) is 36.5. The minimum atomic E-state index is -2.10. The number of carbonyl (C=O) groups excluding carboxylic acids is 1. The van der Waals surface area contributed by atoms with Crippen molar-refractivity contribution in [3.05, 3.63) is 66.0 Å². The Morgan fingerprint density at radius 1 is 1.12 bits per heavy atom. The molecule has 1 aromatic carbocycles. The number of aliphatic hydroxyl groups excluding tert-OH is 1. The number of anilines is 1. The topological polar surface area (TPSA) is 114 Å². The number of hydrogen-bond acceptors (Lipinski definition) is 9. The molecule has 4 rings (SSSR count). The summed E-state index contributed by atoms with van der Waals surface area (Å²) >= 11 is 0. The van der Waals surface area contributed by atoms with Gasteiger partial charge in [-0.1, -0.05) is 32.6 Å². The molecular formula is C33H56N6O3S. The van der Waals surface area contributed by atoms with E-state index in [4.69, 9.17) is 10.5 Å². The second kappa shape index (κ2) is 19.6. The van der Waals surface area contributed by atoms with Crippen molar-refractivity contribution in [2.75, 3.05) is 83.3 Å². The van der Waals surface area contributed by atoms with Crippen molar-refractivity contribution in [3.8, 4) is 0 Å². The molecule has 43 heavy (non-hydrogen) atoms. The summed E-state index contributed by atoms with van der Waals surface area (Å²) in [7, 11) is 1.77. The van der Waals surface area contributed by atoms with Gasteiger partial charge in [-0.3, -0.25) is 4.79 Å². The summed E-state index contributed by atoms with van der Waals surface area (Å²) in [5.74, 6) is 1.67. The lowest BCUT2D eigenvalue weighted by Crippen LogP contribution is -2.46. The molecule has 242 valence electrons. The Bertz CT molecular complexity index is 1140. The first-order valence-corrected chi connectivity index (χ1v) is 17.6. The zero-order chi connectivity index (χ0) is 31.7. The molecular weight excluding hydrogens is 560 g/mol. The summed E-state index contributed by atoms with van der Waals surface area (Å²) < 4.78 is 16.7. The van der Waals surface area contributed by atoms with E-state index >= 15 is 0 Å². The second-order valence-corrected chi connectivity index (χ2v) is 13.8. The Balaban J connectivity index is 0.000000993. The Labute approximate surface area is 261 Å². The van der Waals surface area contributed by atoms with E-state index in [9.17, 15) is 9.32 Å². The maximum atomic E-state index is 12.6. The third-order valence-electron chi connectivity index (χ3n) is 8.54. The summed E-state index contributed by atoms with van der Waals surface area (Å²) in [4.78, 5) is 16.4. The van der Waals surface area contributed by atoms with Crippen molar-refractivity contribution in [3.63, 3.8) is 0 Å². The van der Waals surface area contributed by atoms with Gasteiger partial charge in [-0.25, -0.2) is 8.57 Å². The lowest BCUT2D eigenvalue weighted by atomic mass is 9.88. The molecule has 4 N–H and O–H groups in total. The van der Waals surface area contributed by atoms with Crippen molar-refractivity contribution in [2.24, 2.45) is 10.1 Å². The van der Waals surface area contributed by atoms with E-state index in [0.29, 0.717) is 43.3 Å². The number of rotatable bonds is 9. The monoisotopic (exact) mass is 616 g/mol. The third kappa shape index (κ3) is 11.4. The first-order valence-electron chi connectivity index (χ1n) is 15.8. The molecule has 3 heterocycles. The van der Waals surface area contributed by atoms with Gasteiger partial charge in [0.15, 0.2) is 0 Å². The Morgan fingerprint density at radius 3 is 2.28 bits per heavy atom. The molecule has 0 bridgehead atoms. The number of allylic oxidation sites excluding steroid dienone is 2. The molecule has 0 unspecified atom stereocenters. The lowest BCUT2D eigenvalue weighted by molar-refractivity contribution is -0.104. The quantitative estimate of drug-likeness (QED) is 0.218. The lowest BCUT2D eigenvalue weighted by Gasteiger charge is -2.41. The average Bonchev–Trinajstić information content (AvgIpc) is 3.06. The number of benzene rings is 1. The van der Waals surface area contributed by atoms with Crippen LogP contribution in [0.1, 0.15) is 51.0 Å². The Kier molecular flexibility index (Phi) is 16.6. The second-order valence-electron chi connectivity index (χ2n) is 11.1. The van der Waals surface area contributed by atoms with Crippen LogP contribution < -0.4 is 11.1 Å². The van der Waals surface area contributed by atoms with Gasteiger partial charge in [0.2, 0.25) is 0 Å². The fraction of sp³-hybridized carbons (Fsp3) is 0.606. The standard InChI is InChI=1S/C28H46N6O2S.C3H4O.C2H6/c1-30-37(36)18-16-34(17-19-37)28(6-11-29)25(22-35)21-31-26-5-3-4-24(20-26)23-7-14-33(15-8-23)27-9-12-32(2)13-10-27;1-2-3-4;1-2/h3-6,11,20,23,27,31,35H,7-10,12-19,21-22,29H2,1-2H3;2-3H,1H2;1-2H3/b11-6-,28-25-;;. The summed E-state index contributed by atoms with van der Waals surface area (Å²) in [5.41, 5.74) is 10.0. The zero-order valence-corrected chi connectivity index (χ0v) is 27.7. The number of nitrogens with two attached hydrogens (primary N) is 1. The van der Waals surface area contributed by atoms with E-state index in [0.717, 1.165) is 23.0 Å². The summed E-state index contributed by atoms with van der Waals surface area (Å²) in [5, 5.41) is 13.7. The van der Waals surface area contributed by atoms with Crippen molar-refractivity contribution >= 4 is 21.7 Å². The number of aldehydes is 1. The molecule has 0 saturated carbocycles.